The normalized spacial score (nSPS) is 25.5. The number of unbranched alkanes of at least 4 members (excludes halogenated alkanes) is 2. The molecule has 3 unspecified atom stereocenters. The number of fused-ring (bicyclic) bond motifs is 4. The minimum atomic E-state index is -1.24. The molecule has 4 aromatic rings. The van der Waals surface area contributed by atoms with Gasteiger partial charge in [-0.3, -0.25) is 19.2 Å². The molecule has 0 saturated carbocycles. The summed E-state index contributed by atoms with van der Waals surface area (Å²) in [5.41, 5.74) is 6.21. The quantitative estimate of drug-likeness (QED) is 0.0520. The van der Waals surface area contributed by atoms with Crippen LogP contribution in [-0.4, -0.2) is 132 Å². The highest BCUT2D eigenvalue weighted by molar-refractivity contribution is 8.18. The second-order valence-electron chi connectivity index (χ2n) is 18.8. The van der Waals surface area contributed by atoms with E-state index in [9.17, 15) is 19.2 Å². The van der Waals surface area contributed by atoms with Crippen molar-refractivity contribution in [2.75, 3.05) is 68.8 Å². The first-order chi connectivity index (χ1) is 34.1. The molecule has 0 spiro atoms. The van der Waals surface area contributed by atoms with Crippen molar-refractivity contribution in [3.8, 4) is 11.5 Å². The van der Waals surface area contributed by atoms with Gasteiger partial charge in [-0.15, -0.1) is 47.0 Å². The molecule has 0 aromatic heterocycles. The van der Waals surface area contributed by atoms with Gasteiger partial charge in [-0.1, -0.05) is 99.5 Å². The fourth-order valence-corrected chi connectivity index (χ4v) is 16.8. The summed E-state index contributed by atoms with van der Waals surface area (Å²) in [7, 11) is 10.3. The van der Waals surface area contributed by atoms with Gasteiger partial charge in [0, 0.05) is 54.2 Å². The SMILES string of the molecule is CCCCOC[C@@]1(C)SC(c2ccc(OC)cc2)S[C@](Cc2ccc(CCc3ccc(CC45SC(c6ccc(OC)cc6)S[C@@](COCCCC)(C(=O)N4C)N(C)C5=O)cc3)cc2)(N(C)C=O)C(=O)N1C. The molecular weight excluding hydrogens is 973 g/mol. The van der Waals surface area contributed by atoms with E-state index in [0.29, 0.717) is 32.7 Å². The van der Waals surface area contributed by atoms with Crippen LogP contribution in [0, 0.1) is 0 Å². The molecule has 4 aliphatic heterocycles. The minimum absolute atomic E-state index is 0.110. The maximum atomic E-state index is 15.0. The molecule has 71 heavy (non-hydrogen) atoms. The van der Waals surface area contributed by atoms with E-state index in [4.69, 9.17) is 18.9 Å². The third-order valence-corrected chi connectivity index (χ3v) is 21.0. The van der Waals surface area contributed by atoms with Gasteiger partial charge >= 0.3 is 0 Å². The number of hydrogen-bond donors (Lipinski definition) is 0. The smallest absolute Gasteiger partial charge is 0.262 e. The molecule has 4 aliphatic rings. The van der Waals surface area contributed by atoms with Crippen LogP contribution in [0.1, 0.15) is 89.0 Å². The van der Waals surface area contributed by atoms with Crippen molar-refractivity contribution in [2.45, 2.75) is 101 Å². The molecule has 0 N–H and O–H groups in total. The Morgan fingerprint density at radius 1 is 0.563 bits per heavy atom. The third-order valence-electron chi connectivity index (χ3n) is 14.1. The second-order valence-corrected chi connectivity index (χ2v) is 25.1. The van der Waals surface area contributed by atoms with Crippen LogP contribution < -0.4 is 9.47 Å². The molecule has 16 heteroatoms. The van der Waals surface area contributed by atoms with Crippen LogP contribution in [0.15, 0.2) is 97.1 Å². The lowest BCUT2D eigenvalue weighted by atomic mass is 9.96. The molecule has 4 saturated heterocycles. The highest BCUT2D eigenvalue weighted by atomic mass is 32.2. The largest absolute Gasteiger partial charge is 0.497 e. The lowest BCUT2D eigenvalue weighted by Crippen LogP contribution is -2.73. The molecule has 0 radical (unpaired) electrons. The van der Waals surface area contributed by atoms with Crippen molar-refractivity contribution in [3.63, 3.8) is 0 Å². The van der Waals surface area contributed by atoms with Gasteiger partial charge in [0.1, 0.15) is 16.4 Å². The van der Waals surface area contributed by atoms with E-state index in [2.05, 4.69) is 69.3 Å². The van der Waals surface area contributed by atoms with Crippen LogP contribution >= 0.6 is 47.0 Å². The first-order valence-electron chi connectivity index (χ1n) is 24.5. The number of rotatable bonds is 23. The summed E-state index contributed by atoms with van der Waals surface area (Å²) in [6.07, 6.45) is 6.77. The Labute approximate surface area is 438 Å². The Kier molecular flexibility index (Phi) is 18.2. The molecule has 4 heterocycles. The topological polar surface area (TPSA) is 118 Å². The van der Waals surface area contributed by atoms with Crippen molar-refractivity contribution in [1.29, 1.82) is 0 Å². The molecule has 0 aliphatic carbocycles. The highest BCUT2D eigenvalue weighted by Gasteiger charge is 2.66. The average molecular weight is 1040 g/mol. The highest BCUT2D eigenvalue weighted by Crippen LogP contribution is 2.61. The number of benzene rings is 4. The van der Waals surface area contributed by atoms with E-state index < -0.39 is 19.5 Å². The van der Waals surface area contributed by atoms with Crippen LogP contribution in [0.4, 0.5) is 0 Å². The summed E-state index contributed by atoms with van der Waals surface area (Å²) in [6.45, 7) is 7.86. The number of hydrogen-bond acceptors (Lipinski definition) is 12. The van der Waals surface area contributed by atoms with Crippen molar-refractivity contribution < 1.29 is 38.1 Å². The van der Waals surface area contributed by atoms with E-state index in [1.165, 1.54) is 40.2 Å². The van der Waals surface area contributed by atoms with Crippen molar-refractivity contribution in [2.24, 2.45) is 0 Å². The molecular formula is C55H70N4O8S4. The van der Waals surface area contributed by atoms with Gasteiger partial charge in [-0.05, 0) is 90.3 Å². The summed E-state index contributed by atoms with van der Waals surface area (Å²) >= 11 is 6.19. The number of methoxy groups -OCH3 is 2. The zero-order valence-electron chi connectivity index (χ0n) is 42.6. The number of piperazine rings is 1. The number of likely N-dealkylation sites (N-methyl/N-ethyl adjacent to an activating group) is 4. The monoisotopic (exact) mass is 1040 g/mol. The molecule has 8 rings (SSSR count). The maximum absolute atomic E-state index is 15.0. The van der Waals surface area contributed by atoms with Crippen LogP contribution in [-0.2, 0) is 54.3 Å². The Bertz CT molecular complexity index is 2450. The molecule has 4 aromatic carbocycles. The van der Waals surface area contributed by atoms with Crippen LogP contribution in [0.3, 0.4) is 0 Å². The fourth-order valence-electron chi connectivity index (χ4n) is 9.18. The molecule has 2 bridgehead atoms. The van der Waals surface area contributed by atoms with Gasteiger partial charge in [-0.25, -0.2) is 0 Å². The van der Waals surface area contributed by atoms with Gasteiger partial charge in [0.2, 0.25) is 6.41 Å². The summed E-state index contributed by atoms with van der Waals surface area (Å²) in [5.74, 6) is 1.09. The van der Waals surface area contributed by atoms with Gasteiger partial charge in [-0.2, -0.15) is 0 Å². The third kappa shape index (κ3) is 11.4. The number of carbonyl (C=O) groups is 4. The zero-order valence-corrected chi connectivity index (χ0v) is 45.9. The summed E-state index contributed by atoms with van der Waals surface area (Å²) in [6, 6.07) is 32.6. The standard InChI is InChI=1S/C55H70N4O8S4/c1-10-12-32-66-36-52(3)57(5)49(61)53(56(4)38-60,69-47(68-52)43-24-28-45(64-8)29-25-43)34-41-20-16-39(17-21-41)14-15-40-18-22-42(23-19-40)35-54-50(62)59(7)55(51(63)58(54)6,37-67-33-13-11-2)71-48(70-54)44-26-30-46(65-9)31-27-44/h16-31,38,47-48H,10-15,32-37H2,1-9H3/t47?,48?,52-,53+,54?,55+/m1/s1. The van der Waals surface area contributed by atoms with E-state index in [0.717, 1.165) is 89.8 Å². The van der Waals surface area contributed by atoms with E-state index >= 15 is 0 Å². The molecule has 382 valence electrons. The van der Waals surface area contributed by atoms with E-state index in [1.807, 2.05) is 55.6 Å². The first-order valence-corrected chi connectivity index (χ1v) is 28.0. The van der Waals surface area contributed by atoms with Gasteiger partial charge < -0.3 is 38.5 Å². The Balaban J connectivity index is 1.08. The number of ether oxygens (including phenoxy) is 4. The van der Waals surface area contributed by atoms with Crippen LogP contribution in [0.2, 0.25) is 0 Å². The molecule has 4 amide bonds. The molecule has 4 fully saturated rings. The van der Waals surface area contributed by atoms with E-state index in [-0.39, 0.29) is 33.5 Å². The van der Waals surface area contributed by atoms with E-state index in [1.54, 1.807) is 61.8 Å². The van der Waals surface area contributed by atoms with Crippen molar-refractivity contribution >= 4 is 71.2 Å². The van der Waals surface area contributed by atoms with Crippen LogP contribution in [0.25, 0.3) is 0 Å². The predicted octanol–water partition coefficient (Wildman–Crippen LogP) is 9.85. The number of carbonyl (C=O) groups excluding carboxylic acids is 4. The Hall–Kier alpha value is -4.32. The van der Waals surface area contributed by atoms with Gasteiger partial charge in [0.25, 0.3) is 17.7 Å². The molecule has 12 nitrogen and oxygen atoms in total. The van der Waals surface area contributed by atoms with Gasteiger partial charge in [0.05, 0.1) is 36.6 Å². The first kappa shape index (κ1) is 54.5. The lowest BCUT2D eigenvalue weighted by Gasteiger charge is -2.51. The van der Waals surface area contributed by atoms with Crippen molar-refractivity contribution in [1.82, 2.24) is 19.6 Å². The van der Waals surface area contributed by atoms with Gasteiger partial charge in [0.15, 0.2) is 14.6 Å². The minimum Gasteiger partial charge on any atom is -0.497 e. The summed E-state index contributed by atoms with van der Waals surface area (Å²) < 4.78 is 22.8. The fraction of sp³-hybridized carbons (Fsp3) is 0.491. The number of amides is 4. The average Bonchev–Trinajstić information content (AvgIpc) is 3.60. The van der Waals surface area contributed by atoms with Crippen LogP contribution in [0.5, 0.6) is 11.5 Å². The number of nitrogens with zero attached hydrogens (tertiary/aromatic N) is 4. The predicted molar refractivity (Wildman–Crippen MR) is 290 cm³/mol. The Morgan fingerprint density at radius 2 is 1.00 bits per heavy atom. The van der Waals surface area contributed by atoms with Crippen molar-refractivity contribution in [3.05, 3.63) is 130 Å². The summed E-state index contributed by atoms with van der Waals surface area (Å²) in [4.78, 5) is 59.5. The Morgan fingerprint density at radius 3 is 1.49 bits per heavy atom. The number of aryl methyl sites for hydroxylation is 2. The lowest BCUT2D eigenvalue weighted by molar-refractivity contribution is -0.165. The summed E-state index contributed by atoms with van der Waals surface area (Å²) in [5, 5.41) is 0. The zero-order chi connectivity index (χ0) is 51.0. The second kappa shape index (κ2) is 23.7. The number of thioether (sulfide) groups is 4. The molecule has 6 atom stereocenters. The maximum Gasteiger partial charge on any atom is 0.262 e.